The second kappa shape index (κ2) is 8.77. The second-order valence-corrected chi connectivity index (χ2v) is 7.56. The van der Waals surface area contributed by atoms with E-state index in [1.807, 2.05) is 4.90 Å². The molecule has 0 aromatic heterocycles. The highest BCUT2D eigenvalue weighted by molar-refractivity contribution is 5.93. The van der Waals surface area contributed by atoms with Crippen LogP contribution < -0.4 is 15.5 Å². The Balaban J connectivity index is 1.66. The number of hydrogen-bond donors (Lipinski definition) is 2. The number of hydrogen-bond acceptors (Lipinski definition) is 4. The topological polar surface area (TPSA) is 73.9 Å². The van der Waals surface area contributed by atoms with Crippen LogP contribution in [0.1, 0.15) is 32.6 Å². The zero-order valence-electron chi connectivity index (χ0n) is 16.6. The fraction of sp³-hybridized carbons (Fsp3) is 0.600. The molecule has 0 spiro atoms. The summed E-state index contributed by atoms with van der Waals surface area (Å²) in [7, 11) is 1.66. The third-order valence-electron chi connectivity index (χ3n) is 5.76. The summed E-state index contributed by atoms with van der Waals surface area (Å²) in [5.41, 5.74) is 0.907. The van der Waals surface area contributed by atoms with Crippen molar-refractivity contribution in [3.05, 3.63) is 24.0 Å². The molecule has 3 rings (SSSR count). The lowest BCUT2D eigenvalue weighted by Gasteiger charge is -2.40. The summed E-state index contributed by atoms with van der Waals surface area (Å²) in [5, 5.41) is 5.62. The molecule has 7 nitrogen and oxygen atoms in total. The number of anilines is 2. The molecule has 0 unspecified atom stereocenters. The monoisotopic (exact) mass is 392 g/mol. The highest BCUT2D eigenvalue weighted by Crippen LogP contribution is 2.34. The number of methoxy groups -OCH3 is 1. The number of halogens is 1. The van der Waals surface area contributed by atoms with E-state index in [-0.39, 0.29) is 17.5 Å². The van der Waals surface area contributed by atoms with Gasteiger partial charge in [-0.15, -0.1) is 0 Å². The Morgan fingerprint density at radius 3 is 2.61 bits per heavy atom. The quantitative estimate of drug-likeness (QED) is 0.808. The summed E-state index contributed by atoms with van der Waals surface area (Å²) in [5.74, 6) is -0.353. The fourth-order valence-electron chi connectivity index (χ4n) is 3.79. The number of rotatable bonds is 5. The van der Waals surface area contributed by atoms with Gasteiger partial charge in [-0.2, -0.15) is 0 Å². The van der Waals surface area contributed by atoms with Gasteiger partial charge < -0.3 is 25.2 Å². The van der Waals surface area contributed by atoms with Crippen LogP contribution >= 0.6 is 0 Å². The highest BCUT2D eigenvalue weighted by atomic mass is 19.1. The molecule has 1 aliphatic heterocycles. The summed E-state index contributed by atoms with van der Waals surface area (Å²) in [6.45, 7) is 4.67. The molecule has 0 radical (unpaired) electrons. The average Bonchev–Trinajstić information content (AvgIpc) is 2.87. The van der Waals surface area contributed by atoms with Crippen molar-refractivity contribution in [2.75, 3.05) is 50.1 Å². The molecule has 28 heavy (non-hydrogen) atoms. The number of amides is 3. The van der Waals surface area contributed by atoms with E-state index >= 15 is 0 Å². The normalized spacial score (nSPS) is 18.8. The molecule has 1 heterocycles. The summed E-state index contributed by atoms with van der Waals surface area (Å²) >= 11 is 0. The van der Waals surface area contributed by atoms with Crippen LogP contribution in [-0.2, 0) is 9.53 Å². The van der Waals surface area contributed by atoms with Crippen molar-refractivity contribution in [3.8, 4) is 0 Å². The molecule has 1 aromatic rings. The summed E-state index contributed by atoms with van der Waals surface area (Å²) in [4.78, 5) is 27.9. The van der Waals surface area contributed by atoms with Crippen molar-refractivity contribution in [2.24, 2.45) is 0 Å². The summed E-state index contributed by atoms with van der Waals surface area (Å²) < 4.78 is 19.4. The van der Waals surface area contributed by atoms with Crippen LogP contribution in [0.5, 0.6) is 0 Å². The molecule has 1 saturated heterocycles. The maximum atomic E-state index is 13.8. The molecule has 1 saturated carbocycles. The van der Waals surface area contributed by atoms with E-state index in [1.165, 1.54) is 12.1 Å². The number of nitrogens with zero attached hydrogens (tertiary/aromatic N) is 2. The van der Waals surface area contributed by atoms with Crippen LogP contribution in [0, 0.1) is 5.82 Å². The van der Waals surface area contributed by atoms with Gasteiger partial charge in [0.2, 0.25) is 5.91 Å². The van der Waals surface area contributed by atoms with E-state index in [1.54, 1.807) is 20.1 Å². The Morgan fingerprint density at radius 1 is 1.18 bits per heavy atom. The van der Waals surface area contributed by atoms with Crippen molar-refractivity contribution in [1.29, 1.82) is 0 Å². The van der Waals surface area contributed by atoms with Crippen LogP contribution in [0.25, 0.3) is 0 Å². The van der Waals surface area contributed by atoms with Gasteiger partial charge in [0.25, 0.3) is 0 Å². The number of benzene rings is 1. The molecule has 3 amide bonds. The second-order valence-electron chi connectivity index (χ2n) is 7.56. The van der Waals surface area contributed by atoms with Crippen molar-refractivity contribution < 1.29 is 18.7 Å². The van der Waals surface area contributed by atoms with E-state index in [9.17, 15) is 14.0 Å². The minimum absolute atomic E-state index is 0.0572. The van der Waals surface area contributed by atoms with E-state index in [4.69, 9.17) is 4.74 Å². The Morgan fingerprint density at radius 2 is 1.96 bits per heavy atom. The number of urea groups is 1. The molecular weight excluding hydrogens is 363 g/mol. The van der Waals surface area contributed by atoms with E-state index < -0.39 is 5.82 Å². The molecular formula is C20H29FN4O3. The van der Waals surface area contributed by atoms with Gasteiger partial charge in [0.15, 0.2) is 0 Å². The Kier molecular flexibility index (Phi) is 6.39. The third kappa shape index (κ3) is 4.73. The lowest BCUT2D eigenvalue weighted by atomic mass is 9.80. The van der Waals surface area contributed by atoms with Gasteiger partial charge in [-0.25, -0.2) is 9.18 Å². The predicted molar refractivity (Wildman–Crippen MR) is 106 cm³/mol. The van der Waals surface area contributed by atoms with Crippen LogP contribution in [0.2, 0.25) is 0 Å². The van der Waals surface area contributed by atoms with Gasteiger partial charge in [-0.3, -0.25) is 4.79 Å². The van der Waals surface area contributed by atoms with Gasteiger partial charge in [0.1, 0.15) is 5.82 Å². The van der Waals surface area contributed by atoms with Gasteiger partial charge in [0, 0.05) is 46.8 Å². The first kappa shape index (κ1) is 20.4. The van der Waals surface area contributed by atoms with Gasteiger partial charge >= 0.3 is 6.03 Å². The number of carbonyl (C=O) groups is 2. The van der Waals surface area contributed by atoms with Gasteiger partial charge in [0.05, 0.1) is 17.0 Å². The summed E-state index contributed by atoms with van der Waals surface area (Å²) in [6.07, 6.45) is 3.77. The third-order valence-corrected chi connectivity index (χ3v) is 5.76. The van der Waals surface area contributed by atoms with Crippen LogP contribution in [0.4, 0.5) is 20.6 Å². The SMILES string of the molecule is COC1(CNC(=O)Nc2cc(F)ccc2N2CCCN(C(C)=O)CC2)CCC1. The minimum Gasteiger partial charge on any atom is -0.376 e. The number of carbonyl (C=O) groups excluding carboxylic acids is 2. The zero-order valence-corrected chi connectivity index (χ0v) is 16.6. The smallest absolute Gasteiger partial charge is 0.319 e. The maximum Gasteiger partial charge on any atom is 0.319 e. The molecule has 2 aliphatic rings. The van der Waals surface area contributed by atoms with Crippen molar-refractivity contribution in [2.45, 2.75) is 38.2 Å². The minimum atomic E-state index is -0.411. The standard InChI is InChI=1S/C20H29FN4O3/c1-15(26)24-9-4-10-25(12-11-24)18-6-5-16(21)13-17(18)23-19(27)22-14-20(28-2)7-3-8-20/h5-6,13H,3-4,7-12,14H2,1-2H3,(H2,22,23,27). The van der Waals surface area contributed by atoms with Crippen molar-refractivity contribution in [3.63, 3.8) is 0 Å². The molecule has 0 atom stereocenters. The molecule has 8 heteroatoms. The predicted octanol–water partition coefficient (Wildman–Crippen LogP) is 2.57. The van der Waals surface area contributed by atoms with E-state index in [0.717, 1.165) is 37.9 Å². The Labute approximate surface area is 165 Å². The maximum absolute atomic E-state index is 13.8. The highest BCUT2D eigenvalue weighted by Gasteiger charge is 2.37. The first-order valence-electron chi connectivity index (χ1n) is 9.82. The zero-order chi connectivity index (χ0) is 20.1. The number of ether oxygens (including phenoxy) is 1. The summed E-state index contributed by atoms with van der Waals surface area (Å²) in [6, 6.07) is 4.02. The van der Waals surface area contributed by atoms with Crippen LogP contribution in [0.3, 0.4) is 0 Å². The van der Waals surface area contributed by atoms with Crippen LogP contribution in [-0.4, -0.2) is 62.3 Å². The van der Waals surface area contributed by atoms with Crippen molar-refractivity contribution in [1.82, 2.24) is 10.2 Å². The molecule has 2 fully saturated rings. The van der Waals surface area contributed by atoms with Gasteiger partial charge in [-0.05, 0) is 43.9 Å². The van der Waals surface area contributed by atoms with E-state index in [2.05, 4.69) is 15.5 Å². The van der Waals surface area contributed by atoms with Crippen molar-refractivity contribution >= 4 is 23.3 Å². The molecule has 1 aromatic carbocycles. The number of nitrogens with one attached hydrogen (secondary N) is 2. The molecule has 154 valence electrons. The average molecular weight is 392 g/mol. The fourth-order valence-corrected chi connectivity index (χ4v) is 3.79. The van der Waals surface area contributed by atoms with E-state index in [0.29, 0.717) is 31.9 Å². The van der Waals surface area contributed by atoms with Crippen LogP contribution in [0.15, 0.2) is 18.2 Å². The Hall–Kier alpha value is -2.35. The first-order valence-corrected chi connectivity index (χ1v) is 9.82. The molecule has 0 bridgehead atoms. The Bertz CT molecular complexity index is 718. The lowest BCUT2D eigenvalue weighted by Crippen LogP contribution is -2.50. The lowest BCUT2D eigenvalue weighted by molar-refractivity contribution is -0.128. The molecule has 1 aliphatic carbocycles. The van der Waals surface area contributed by atoms with Gasteiger partial charge in [-0.1, -0.05) is 0 Å². The molecule has 2 N–H and O–H groups in total. The largest absolute Gasteiger partial charge is 0.376 e. The first-order chi connectivity index (χ1) is 13.4.